The SMILES string of the molecule is CC(C)CCS(=O)(=O)N1CCCC(CCCl)C1. The molecule has 1 aliphatic rings. The summed E-state index contributed by atoms with van der Waals surface area (Å²) in [7, 11) is -3.04. The molecule has 0 aromatic heterocycles. The molecule has 0 radical (unpaired) electrons. The number of halogens is 1. The van der Waals surface area contributed by atoms with E-state index < -0.39 is 10.0 Å². The summed E-state index contributed by atoms with van der Waals surface area (Å²) in [6.07, 6.45) is 3.77. The number of hydrogen-bond acceptors (Lipinski definition) is 2. The van der Waals surface area contributed by atoms with E-state index in [4.69, 9.17) is 11.6 Å². The van der Waals surface area contributed by atoms with Crippen LogP contribution in [-0.4, -0.2) is 37.4 Å². The average Bonchev–Trinajstić information content (AvgIpc) is 2.27. The van der Waals surface area contributed by atoms with Gasteiger partial charge in [-0.05, 0) is 37.5 Å². The van der Waals surface area contributed by atoms with Crippen LogP contribution < -0.4 is 0 Å². The smallest absolute Gasteiger partial charge is 0.212 e. The van der Waals surface area contributed by atoms with Gasteiger partial charge < -0.3 is 0 Å². The Morgan fingerprint density at radius 1 is 1.41 bits per heavy atom. The van der Waals surface area contributed by atoms with Crippen molar-refractivity contribution in [1.82, 2.24) is 4.31 Å². The average molecular weight is 282 g/mol. The first-order valence-electron chi connectivity index (χ1n) is 6.49. The molecule has 0 spiro atoms. The minimum atomic E-state index is -3.04. The second kappa shape index (κ2) is 6.95. The third-order valence-corrected chi connectivity index (χ3v) is 5.43. The number of hydrogen-bond donors (Lipinski definition) is 0. The molecule has 3 nitrogen and oxygen atoms in total. The summed E-state index contributed by atoms with van der Waals surface area (Å²) >= 11 is 5.73. The molecule has 1 rings (SSSR count). The first kappa shape index (κ1) is 15.3. The van der Waals surface area contributed by atoms with E-state index in [-0.39, 0.29) is 5.75 Å². The summed E-state index contributed by atoms with van der Waals surface area (Å²) in [5.74, 6) is 1.81. The van der Waals surface area contributed by atoms with Gasteiger partial charge in [0.25, 0.3) is 0 Å². The Morgan fingerprint density at radius 3 is 2.71 bits per heavy atom. The van der Waals surface area contributed by atoms with E-state index in [2.05, 4.69) is 13.8 Å². The Labute approximate surface area is 111 Å². The van der Waals surface area contributed by atoms with Crippen molar-refractivity contribution in [2.45, 2.75) is 39.5 Å². The zero-order valence-corrected chi connectivity index (χ0v) is 12.4. The van der Waals surface area contributed by atoms with Crippen LogP contribution in [0.2, 0.25) is 0 Å². The van der Waals surface area contributed by atoms with Crippen LogP contribution in [0.3, 0.4) is 0 Å². The zero-order valence-electron chi connectivity index (χ0n) is 10.9. The summed E-state index contributed by atoms with van der Waals surface area (Å²) in [4.78, 5) is 0. The van der Waals surface area contributed by atoms with Gasteiger partial charge in [-0.1, -0.05) is 13.8 Å². The zero-order chi connectivity index (χ0) is 12.9. The molecule has 0 N–H and O–H groups in total. The molecule has 1 atom stereocenters. The van der Waals surface area contributed by atoms with Crippen molar-refractivity contribution < 1.29 is 8.42 Å². The maximum absolute atomic E-state index is 12.1. The summed E-state index contributed by atoms with van der Waals surface area (Å²) in [6.45, 7) is 5.48. The molecule has 0 aromatic carbocycles. The van der Waals surface area contributed by atoms with Crippen molar-refractivity contribution in [3.8, 4) is 0 Å². The molecule has 102 valence electrons. The van der Waals surface area contributed by atoms with Gasteiger partial charge in [-0.2, -0.15) is 0 Å². The molecule has 0 aliphatic carbocycles. The van der Waals surface area contributed by atoms with Crippen LogP contribution in [0.25, 0.3) is 0 Å². The molecular weight excluding hydrogens is 258 g/mol. The van der Waals surface area contributed by atoms with Crippen molar-refractivity contribution in [2.75, 3.05) is 24.7 Å². The van der Waals surface area contributed by atoms with E-state index in [1.54, 1.807) is 4.31 Å². The van der Waals surface area contributed by atoms with Gasteiger partial charge in [-0.3, -0.25) is 0 Å². The normalized spacial score (nSPS) is 23.2. The summed E-state index contributed by atoms with van der Waals surface area (Å²) in [5.41, 5.74) is 0. The second-order valence-electron chi connectivity index (χ2n) is 5.34. The number of alkyl halides is 1. The highest BCUT2D eigenvalue weighted by Crippen LogP contribution is 2.23. The fraction of sp³-hybridized carbons (Fsp3) is 1.00. The first-order chi connectivity index (χ1) is 7.95. The van der Waals surface area contributed by atoms with Crippen molar-refractivity contribution in [3.05, 3.63) is 0 Å². The second-order valence-corrected chi connectivity index (χ2v) is 7.81. The van der Waals surface area contributed by atoms with Crippen molar-refractivity contribution in [1.29, 1.82) is 0 Å². The Hall–Kier alpha value is 0.200. The monoisotopic (exact) mass is 281 g/mol. The van der Waals surface area contributed by atoms with E-state index in [0.29, 0.717) is 30.8 Å². The van der Waals surface area contributed by atoms with E-state index in [1.807, 2.05) is 0 Å². The third-order valence-electron chi connectivity index (χ3n) is 3.35. The number of sulfonamides is 1. The number of rotatable bonds is 6. The van der Waals surface area contributed by atoms with Gasteiger partial charge in [0, 0.05) is 19.0 Å². The molecule has 1 heterocycles. The van der Waals surface area contributed by atoms with Gasteiger partial charge in [0.1, 0.15) is 0 Å². The highest BCUT2D eigenvalue weighted by molar-refractivity contribution is 7.89. The van der Waals surface area contributed by atoms with Gasteiger partial charge in [0.2, 0.25) is 10.0 Å². The van der Waals surface area contributed by atoms with E-state index >= 15 is 0 Å². The van der Waals surface area contributed by atoms with Crippen LogP contribution >= 0.6 is 11.6 Å². The van der Waals surface area contributed by atoms with Gasteiger partial charge in [0.05, 0.1) is 5.75 Å². The Balaban J connectivity index is 2.52. The van der Waals surface area contributed by atoms with E-state index in [1.165, 1.54) is 0 Å². The van der Waals surface area contributed by atoms with Crippen molar-refractivity contribution >= 4 is 21.6 Å². The van der Waals surface area contributed by atoms with Crippen LogP contribution in [0.4, 0.5) is 0 Å². The molecule has 0 amide bonds. The van der Waals surface area contributed by atoms with Crippen molar-refractivity contribution in [2.24, 2.45) is 11.8 Å². The lowest BCUT2D eigenvalue weighted by molar-refractivity contribution is 0.262. The van der Waals surface area contributed by atoms with Gasteiger partial charge in [-0.25, -0.2) is 12.7 Å². The quantitative estimate of drug-likeness (QED) is 0.702. The third kappa shape index (κ3) is 5.14. The number of piperidine rings is 1. The Bertz CT molecular complexity index is 314. The summed E-state index contributed by atoms with van der Waals surface area (Å²) < 4.78 is 25.9. The van der Waals surface area contributed by atoms with Crippen LogP contribution in [0.1, 0.15) is 39.5 Å². The fourth-order valence-electron chi connectivity index (χ4n) is 2.18. The van der Waals surface area contributed by atoms with E-state index in [9.17, 15) is 8.42 Å². The molecule has 1 aliphatic heterocycles. The highest BCUT2D eigenvalue weighted by Gasteiger charge is 2.28. The van der Waals surface area contributed by atoms with Crippen LogP contribution in [0.5, 0.6) is 0 Å². The standard InChI is InChI=1S/C12H24ClNO2S/c1-11(2)6-9-17(15,16)14-8-3-4-12(10-14)5-7-13/h11-12H,3-10H2,1-2H3. The summed E-state index contributed by atoms with van der Waals surface area (Å²) in [5, 5.41) is 0. The highest BCUT2D eigenvalue weighted by atomic mass is 35.5. The molecule has 1 fully saturated rings. The lowest BCUT2D eigenvalue weighted by Crippen LogP contribution is -2.41. The lowest BCUT2D eigenvalue weighted by Gasteiger charge is -2.31. The molecule has 17 heavy (non-hydrogen) atoms. The molecule has 0 aromatic rings. The van der Waals surface area contributed by atoms with Gasteiger partial charge >= 0.3 is 0 Å². The van der Waals surface area contributed by atoms with Crippen LogP contribution in [-0.2, 0) is 10.0 Å². The Morgan fingerprint density at radius 2 is 2.12 bits per heavy atom. The van der Waals surface area contributed by atoms with E-state index in [0.717, 1.165) is 25.7 Å². The predicted molar refractivity (Wildman–Crippen MR) is 72.9 cm³/mol. The van der Waals surface area contributed by atoms with Crippen LogP contribution in [0, 0.1) is 11.8 Å². The maximum Gasteiger partial charge on any atom is 0.214 e. The molecule has 0 bridgehead atoms. The predicted octanol–water partition coefficient (Wildman–Crippen LogP) is 2.70. The maximum atomic E-state index is 12.1. The topological polar surface area (TPSA) is 37.4 Å². The fourth-order valence-corrected chi connectivity index (χ4v) is 4.36. The summed E-state index contributed by atoms with van der Waals surface area (Å²) in [6, 6.07) is 0. The van der Waals surface area contributed by atoms with Gasteiger partial charge in [-0.15, -0.1) is 11.6 Å². The van der Waals surface area contributed by atoms with Gasteiger partial charge in [0.15, 0.2) is 0 Å². The first-order valence-corrected chi connectivity index (χ1v) is 8.64. The minimum Gasteiger partial charge on any atom is -0.212 e. The molecule has 0 saturated carbocycles. The molecule has 1 unspecified atom stereocenters. The Kier molecular flexibility index (Phi) is 6.24. The molecule has 1 saturated heterocycles. The minimum absolute atomic E-state index is 0.290. The largest absolute Gasteiger partial charge is 0.214 e. The molecular formula is C12H24ClNO2S. The lowest BCUT2D eigenvalue weighted by atomic mass is 9.97. The van der Waals surface area contributed by atoms with Crippen molar-refractivity contribution in [3.63, 3.8) is 0 Å². The molecule has 5 heteroatoms. The van der Waals surface area contributed by atoms with Crippen LogP contribution in [0.15, 0.2) is 0 Å². The number of nitrogens with zero attached hydrogens (tertiary/aromatic N) is 1.